The van der Waals surface area contributed by atoms with Crippen molar-refractivity contribution < 1.29 is 18.9 Å². The average Bonchev–Trinajstić information content (AvgIpc) is 2.90. The van der Waals surface area contributed by atoms with Crippen LogP contribution in [-0.2, 0) is 25.7 Å². The molecule has 0 heterocycles. The van der Waals surface area contributed by atoms with Crippen LogP contribution >= 0.6 is 12.4 Å². The molecule has 0 atom stereocenters. The van der Waals surface area contributed by atoms with Gasteiger partial charge in [0.2, 0.25) is 0 Å². The Balaban J connectivity index is 0.00000648. The van der Waals surface area contributed by atoms with E-state index in [1.165, 1.54) is 41.5 Å². The van der Waals surface area contributed by atoms with E-state index >= 15 is 0 Å². The maximum absolute atomic E-state index is 5.59. The molecule has 36 heavy (non-hydrogen) atoms. The third kappa shape index (κ3) is 9.06. The van der Waals surface area contributed by atoms with Crippen LogP contribution in [0, 0.1) is 0 Å². The van der Waals surface area contributed by atoms with E-state index < -0.39 is 0 Å². The van der Waals surface area contributed by atoms with Crippen molar-refractivity contribution in [2.45, 2.75) is 58.8 Å². The fraction of sp³-hybridized carbons (Fsp3) is 0.586. The van der Waals surface area contributed by atoms with Crippen molar-refractivity contribution in [3.63, 3.8) is 0 Å². The molecule has 0 spiro atoms. The van der Waals surface area contributed by atoms with Gasteiger partial charge in [0, 0.05) is 11.1 Å². The maximum Gasteiger partial charge on any atom is 0.164 e. The summed E-state index contributed by atoms with van der Waals surface area (Å²) < 4.78 is 22.1. The van der Waals surface area contributed by atoms with Crippen LogP contribution < -0.4 is 29.6 Å². The fourth-order valence-electron chi connectivity index (χ4n) is 4.68. The molecular formula is C29H47ClN2O4. The Morgan fingerprint density at radius 3 is 1.31 bits per heavy atom. The van der Waals surface area contributed by atoms with Crippen molar-refractivity contribution in [2.75, 3.05) is 54.6 Å². The lowest BCUT2D eigenvalue weighted by molar-refractivity contribution is 0.351. The summed E-state index contributed by atoms with van der Waals surface area (Å²) in [6.07, 6.45) is 7.51. The molecule has 2 N–H and O–H groups in total. The molecule has 6 nitrogen and oxygen atoms in total. The lowest BCUT2D eigenvalue weighted by Crippen LogP contribution is -2.21. The fourth-order valence-corrected chi connectivity index (χ4v) is 4.68. The second kappa shape index (κ2) is 18.1. The van der Waals surface area contributed by atoms with Gasteiger partial charge < -0.3 is 29.6 Å². The van der Waals surface area contributed by atoms with E-state index in [2.05, 4.69) is 36.6 Å². The number of halogens is 1. The van der Waals surface area contributed by atoms with Crippen LogP contribution in [0.3, 0.4) is 0 Å². The second-order valence-electron chi connectivity index (χ2n) is 8.65. The predicted octanol–water partition coefficient (Wildman–Crippen LogP) is 5.40. The smallest absolute Gasteiger partial charge is 0.164 e. The highest BCUT2D eigenvalue weighted by molar-refractivity contribution is 5.85. The van der Waals surface area contributed by atoms with E-state index in [9.17, 15) is 0 Å². The van der Waals surface area contributed by atoms with Crippen molar-refractivity contribution in [3.05, 3.63) is 46.5 Å². The van der Waals surface area contributed by atoms with E-state index in [1.54, 1.807) is 28.4 Å². The van der Waals surface area contributed by atoms with E-state index in [0.717, 1.165) is 74.9 Å². The van der Waals surface area contributed by atoms with Gasteiger partial charge in [-0.1, -0.05) is 32.4 Å². The Hall–Kier alpha value is -2.15. The van der Waals surface area contributed by atoms with Gasteiger partial charge in [0.1, 0.15) is 0 Å². The number of benzene rings is 2. The molecule has 0 amide bonds. The largest absolute Gasteiger partial charge is 0.493 e. The standard InChI is InChI=1S/C29H46N2O4.ClH/c1-7-24-22(12-14-26(32-3)28(24)34-5)16-20-30-18-10-9-11-19-31-21-17-23-13-15-27(33-4)29(35-6)25(23)8-2;/h12-15,30-31H,7-11,16-21H2,1-6H3;1H. The Morgan fingerprint density at radius 1 is 0.556 bits per heavy atom. The molecule has 0 aromatic heterocycles. The zero-order valence-corrected chi connectivity index (χ0v) is 23.9. The first-order valence-corrected chi connectivity index (χ1v) is 13.0. The molecule has 0 bridgehead atoms. The Morgan fingerprint density at radius 2 is 0.972 bits per heavy atom. The summed E-state index contributed by atoms with van der Waals surface area (Å²) in [5, 5.41) is 7.19. The third-order valence-corrected chi connectivity index (χ3v) is 6.55. The predicted molar refractivity (Wildman–Crippen MR) is 152 cm³/mol. The Kier molecular flexibility index (Phi) is 16.1. The van der Waals surface area contributed by atoms with E-state index in [1.807, 2.05) is 12.1 Å². The van der Waals surface area contributed by atoms with Crippen molar-refractivity contribution in [1.29, 1.82) is 0 Å². The molecule has 2 rings (SSSR count). The number of hydrogen-bond acceptors (Lipinski definition) is 6. The first-order valence-electron chi connectivity index (χ1n) is 13.0. The summed E-state index contributed by atoms with van der Waals surface area (Å²) in [7, 11) is 6.81. The molecule has 7 heteroatoms. The number of nitrogens with one attached hydrogen (secondary N) is 2. The van der Waals surface area contributed by atoms with Crippen molar-refractivity contribution in [2.24, 2.45) is 0 Å². The molecule has 0 aliphatic carbocycles. The van der Waals surface area contributed by atoms with E-state index in [0.29, 0.717) is 0 Å². The lowest BCUT2D eigenvalue weighted by Gasteiger charge is -2.16. The van der Waals surface area contributed by atoms with Crippen molar-refractivity contribution in [1.82, 2.24) is 10.6 Å². The van der Waals surface area contributed by atoms with Crippen LogP contribution in [0.25, 0.3) is 0 Å². The van der Waals surface area contributed by atoms with Gasteiger partial charge in [0.05, 0.1) is 28.4 Å². The van der Waals surface area contributed by atoms with Crippen LogP contribution in [0.2, 0.25) is 0 Å². The van der Waals surface area contributed by atoms with Gasteiger partial charge in [0.25, 0.3) is 0 Å². The number of ether oxygens (including phenoxy) is 4. The van der Waals surface area contributed by atoms with Crippen molar-refractivity contribution >= 4 is 12.4 Å². The monoisotopic (exact) mass is 522 g/mol. The molecule has 2 aromatic carbocycles. The normalized spacial score (nSPS) is 10.6. The first kappa shape index (κ1) is 31.9. The molecule has 0 unspecified atom stereocenters. The third-order valence-electron chi connectivity index (χ3n) is 6.55. The van der Waals surface area contributed by atoms with E-state index in [4.69, 9.17) is 18.9 Å². The summed E-state index contributed by atoms with van der Waals surface area (Å²) in [4.78, 5) is 0. The Labute approximate surface area is 224 Å². The van der Waals surface area contributed by atoms with Gasteiger partial charge in [-0.25, -0.2) is 0 Å². The number of hydrogen-bond donors (Lipinski definition) is 2. The minimum Gasteiger partial charge on any atom is -0.493 e. The van der Waals surface area contributed by atoms with Crippen LogP contribution in [0.15, 0.2) is 24.3 Å². The van der Waals surface area contributed by atoms with Crippen molar-refractivity contribution in [3.8, 4) is 23.0 Å². The SMILES string of the molecule is CCc1c(CCNCCCCCNCCc2ccc(OC)c(OC)c2CC)ccc(OC)c1OC.Cl. The zero-order chi connectivity index (χ0) is 25.5. The molecule has 0 radical (unpaired) electrons. The quantitative estimate of drug-likeness (QED) is 0.255. The highest BCUT2D eigenvalue weighted by Crippen LogP contribution is 2.35. The topological polar surface area (TPSA) is 61.0 Å². The van der Waals surface area contributed by atoms with Gasteiger partial charge in [-0.3, -0.25) is 0 Å². The summed E-state index contributed by atoms with van der Waals surface area (Å²) >= 11 is 0. The summed E-state index contributed by atoms with van der Waals surface area (Å²) in [6.45, 7) is 8.40. The van der Waals surface area contributed by atoms with Gasteiger partial charge in [0.15, 0.2) is 23.0 Å². The van der Waals surface area contributed by atoms with Crippen LogP contribution in [0.4, 0.5) is 0 Å². The molecule has 0 saturated carbocycles. The molecular weight excluding hydrogens is 476 g/mol. The van der Waals surface area contributed by atoms with E-state index in [-0.39, 0.29) is 12.4 Å². The number of unbranched alkanes of at least 4 members (excludes halogenated alkanes) is 2. The Bertz CT molecular complexity index is 821. The average molecular weight is 523 g/mol. The minimum absolute atomic E-state index is 0. The van der Waals surface area contributed by atoms with Crippen LogP contribution in [-0.4, -0.2) is 54.6 Å². The maximum atomic E-state index is 5.59. The molecule has 2 aromatic rings. The minimum atomic E-state index is 0. The molecule has 204 valence electrons. The van der Waals surface area contributed by atoms with Crippen LogP contribution in [0.1, 0.15) is 55.4 Å². The molecule has 0 aliphatic rings. The molecule has 0 aliphatic heterocycles. The van der Waals surface area contributed by atoms with Gasteiger partial charge in [-0.15, -0.1) is 12.4 Å². The summed E-state index contributed by atoms with van der Waals surface area (Å²) in [5.74, 6) is 3.36. The number of methoxy groups -OCH3 is 4. The summed E-state index contributed by atoms with van der Waals surface area (Å²) in [6, 6.07) is 8.35. The summed E-state index contributed by atoms with van der Waals surface area (Å²) in [5.41, 5.74) is 5.17. The second-order valence-corrected chi connectivity index (χ2v) is 8.65. The van der Waals surface area contributed by atoms with Gasteiger partial charge in [-0.05, 0) is 88.0 Å². The molecule has 0 fully saturated rings. The van der Waals surface area contributed by atoms with Gasteiger partial charge >= 0.3 is 0 Å². The number of rotatable bonds is 18. The molecule has 0 saturated heterocycles. The lowest BCUT2D eigenvalue weighted by atomic mass is 10.0. The van der Waals surface area contributed by atoms with Crippen LogP contribution in [0.5, 0.6) is 23.0 Å². The first-order chi connectivity index (χ1) is 17.1. The van der Waals surface area contributed by atoms with Gasteiger partial charge in [-0.2, -0.15) is 0 Å². The highest BCUT2D eigenvalue weighted by atomic mass is 35.5. The zero-order valence-electron chi connectivity index (χ0n) is 23.1. The highest BCUT2D eigenvalue weighted by Gasteiger charge is 2.14.